The van der Waals surface area contributed by atoms with Gasteiger partial charge in [-0.15, -0.1) is 0 Å². The van der Waals surface area contributed by atoms with Crippen molar-refractivity contribution in [3.05, 3.63) is 65.2 Å². The standard InChI is InChI=1S/C17H19FN2O/c1-17(19,16-7-6-13(18)11-20-16)10-15-14-5-3-2-4-12(14)8-9-21-15/h2-7,11,15H,8-10,19H2,1H3. The first-order chi connectivity index (χ1) is 10.1. The lowest BCUT2D eigenvalue weighted by Gasteiger charge is -2.33. The van der Waals surface area contributed by atoms with Gasteiger partial charge in [0.05, 0.1) is 30.1 Å². The van der Waals surface area contributed by atoms with Crippen LogP contribution in [0.1, 0.15) is 36.3 Å². The molecule has 0 spiro atoms. The molecule has 2 heterocycles. The van der Waals surface area contributed by atoms with E-state index in [-0.39, 0.29) is 11.9 Å². The monoisotopic (exact) mass is 286 g/mol. The number of fused-ring (bicyclic) bond motifs is 1. The van der Waals surface area contributed by atoms with E-state index in [9.17, 15) is 4.39 Å². The predicted octanol–water partition coefficient (Wildman–Crippen LogP) is 3.10. The topological polar surface area (TPSA) is 48.1 Å². The zero-order valence-electron chi connectivity index (χ0n) is 12.1. The van der Waals surface area contributed by atoms with Gasteiger partial charge in [0.15, 0.2) is 0 Å². The fourth-order valence-corrected chi connectivity index (χ4v) is 2.85. The minimum Gasteiger partial charge on any atom is -0.373 e. The Labute approximate surface area is 124 Å². The molecule has 110 valence electrons. The van der Waals surface area contributed by atoms with Gasteiger partial charge in [-0.05, 0) is 36.6 Å². The normalized spacial score (nSPS) is 20.6. The van der Waals surface area contributed by atoms with Crippen LogP contribution in [0.2, 0.25) is 0 Å². The lowest BCUT2D eigenvalue weighted by Crippen LogP contribution is -2.37. The van der Waals surface area contributed by atoms with Crippen LogP contribution >= 0.6 is 0 Å². The Morgan fingerprint density at radius 3 is 2.90 bits per heavy atom. The number of pyridine rings is 1. The van der Waals surface area contributed by atoms with Gasteiger partial charge in [0.25, 0.3) is 0 Å². The third-order valence-electron chi connectivity index (χ3n) is 4.01. The van der Waals surface area contributed by atoms with Crippen molar-refractivity contribution < 1.29 is 9.13 Å². The molecule has 0 aliphatic carbocycles. The highest BCUT2D eigenvalue weighted by molar-refractivity contribution is 5.31. The Kier molecular flexibility index (Phi) is 3.74. The van der Waals surface area contributed by atoms with E-state index in [4.69, 9.17) is 10.5 Å². The van der Waals surface area contributed by atoms with E-state index in [2.05, 4.69) is 17.1 Å². The van der Waals surface area contributed by atoms with E-state index in [1.165, 1.54) is 23.4 Å². The summed E-state index contributed by atoms with van der Waals surface area (Å²) < 4.78 is 18.9. The molecule has 1 aliphatic rings. The van der Waals surface area contributed by atoms with Gasteiger partial charge in [-0.25, -0.2) is 4.39 Å². The summed E-state index contributed by atoms with van der Waals surface area (Å²) in [5.74, 6) is -0.353. The first kappa shape index (κ1) is 14.2. The smallest absolute Gasteiger partial charge is 0.141 e. The predicted molar refractivity (Wildman–Crippen MR) is 79.2 cm³/mol. The van der Waals surface area contributed by atoms with Crippen molar-refractivity contribution in [3.63, 3.8) is 0 Å². The molecule has 0 amide bonds. The van der Waals surface area contributed by atoms with E-state index >= 15 is 0 Å². The van der Waals surface area contributed by atoms with Crippen molar-refractivity contribution in [2.75, 3.05) is 6.61 Å². The van der Waals surface area contributed by atoms with E-state index in [1.807, 2.05) is 19.1 Å². The zero-order valence-corrected chi connectivity index (χ0v) is 12.1. The number of hydrogen-bond donors (Lipinski definition) is 1. The van der Waals surface area contributed by atoms with Crippen molar-refractivity contribution >= 4 is 0 Å². The number of halogens is 1. The Balaban J connectivity index is 1.84. The maximum Gasteiger partial charge on any atom is 0.141 e. The van der Waals surface area contributed by atoms with Gasteiger partial charge in [0.1, 0.15) is 5.82 Å². The zero-order chi connectivity index (χ0) is 14.9. The van der Waals surface area contributed by atoms with Gasteiger partial charge in [0.2, 0.25) is 0 Å². The third-order valence-corrected chi connectivity index (χ3v) is 4.01. The van der Waals surface area contributed by atoms with Gasteiger partial charge >= 0.3 is 0 Å². The summed E-state index contributed by atoms with van der Waals surface area (Å²) in [6.07, 6.45) is 2.71. The van der Waals surface area contributed by atoms with Crippen LogP contribution in [0.25, 0.3) is 0 Å². The van der Waals surface area contributed by atoms with Crippen LogP contribution in [0, 0.1) is 5.82 Å². The van der Waals surface area contributed by atoms with Crippen molar-refractivity contribution in [1.29, 1.82) is 0 Å². The summed E-state index contributed by atoms with van der Waals surface area (Å²) in [6, 6.07) is 11.3. The second kappa shape index (κ2) is 5.54. The van der Waals surface area contributed by atoms with Crippen LogP contribution in [0.3, 0.4) is 0 Å². The van der Waals surface area contributed by atoms with Crippen molar-refractivity contribution in [3.8, 4) is 0 Å². The summed E-state index contributed by atoms with van der Waals surface area (Å²) in [6.45, 7) is 2.61. The van der Waals surface area contributed by atoms with Crippen molar-refractivity contribution in [1.82, 2.24) is 4.98 Å². The van der Waals surface area contributed by atoms with Crippen molar-refractivity contribution in [2.45, 2.75) is 31.4 Å². The summed E-state index contributed by atoms with van der Waals surface area (Å²) >= 11 is 0. The number of rotatable bonds is 3. The van der Waals surface area contributed by atoms with Crippen LogP contribution in [-0.4, -0.2) is 11.6 Å². The second-order valence-electron chi connectivity index (χ2n) is 5.79. The molecule has 0 fully saturated rings. The first-order valence-corrected chi connectivity index (χ1v) is 7.16. The highest BCUT2D eigenvalue weighted by Gasteiger charge is 2.31. The van der Waals surface area contributed by atoms with Gasteiger partial charge in [0, 0.05) is 6.42 Å². The molecule has 0 saturated heterocycles. The number of aromatic nitrogens is 1. The minimum absolute atomic E-state index is 0.0446. The van der Waals surface area contributed by atoms with E-state index < -0.39 is 5.54 Å². The molecule has 1 aliphatic heterocycles. The lowest BCUT2D eigenvalue weighted by molar-refractivity contribution is 0.0218. The molecule has 3 nitrogen and oxygen atoms in total. The highest BCUT2D eigenvalue weighted by atomic mass is 19.1. The number of ether oxygens (including phenoxy) is 1. The molecule has 2 atom stereocenters. The highest BCUT2D eigenvalue weighted by Crippen LogP contribution is 2.35. The van der Waals surface area contributed by atoms with E-state index in [0.717, 1.165) is 6.42 Å². The summed E-state index contributed by atoms with van der Waals surface area (Å²) in [7, 11) is 0. The maximum absolute atomic E-state index is 13.0. The summed E-state index contributed by atoms with van der Waals surface area (Å²) in [5.41, 5.74) is 8.94. The Morgan fingerprint density at radius 1 is 1.33 bits per heavy atom. The third kappa shape index (κ3) is 2.96. The summed E-state index contributed by atoms with van der Waals surface area (Å²) in [4.78, 5) is 4.12. The van der Waals surface area contributed by atoms with E-state index in [1.54, 1.807) is 6.07 Å². The molecular weight excluding hydrogens is 267 g/mol. The quantitative estimate of drug-likeness (QED) is 0.943. The van der Waals surface area contributed by atoms with Crippen LogP contribution in [-0.2, 0) is 16.7 Å². The average molecular weight is 286 g/mol. The first-order valence-electron chi connectivity index (χ1n) is 7.16. The largest absolute Gasteiger partial charge is 0.373 e. The average Bonchev–Trinajstić information content (AvgIpc) is 2.48. The fourth-order valence-electron chi connectivity index (χ4n) is 2.85. The molecular formula is C17H19FN2O. The Morgan fingerprint density at radius 2 is 2.14 bits per heavy atom. The molecule has 1 aromatic heterocycles. The fraction of sp³-hybridized carbons (Fsp3) is 0.353. The van der Waals surface area contributed by atoms with Crippen LogP contribution in [0.4, 0.5) is 4.39 Å². The molecule has 2 aromatic rings. The summed E-state index contributed by atoms with van der Waals surface area (Å²) in [5, 5.41) is 0. The number of hydrogen-bond acceptors (Lipinski definition) is 3. The van der Waals surface area contributed by atoms with Gasteiger partial charge in [-0.2, -0.15) is 0 Å². The molecule has 1 aromatic carbocycles. The SMILES string of the molecule is CC(N)(CC1OCCc2ccccc21)c1ccc(F)cn1. The van der Waals surface area contributed by atoms with Gasteiger partial charge < -0.3 is 10.5 Å². The molecule has 3 rings (SSSR count). The number of nitrogens with two attached hydrogens (primary N) is 1. The second-order valence-corrected chi connectivity index (χ2v) is 5.79. The number of nitrogens with zero attached hydrogens (tertiary/aromatic N) is 1. The van der Waals surface area contributed by atoms with Gasteiger partial charge in [-0.3, -0.25) is 4.98 Å². The van der Waals surface area contributed by atoms with Crippen LogP contribution in [0.15, 0.2) is 42.6 Å². The molecule has 0 bridgehead atoms. The van der Waals surface area contributed by atoms with Gasteiger partial charge in [-0.1, -0.05) is 24.3 Å². The molecule has 0 saturated carbocycles. The molecule has 21 heavy (non-hydrogen) atoms. The molecule has 2 unspecified atom stereocenters. The van der Waals surface area contributed by atoms with Crippen molar-refractivity contribution in [2.24, 2.45) is 5.73 Å². The molecule has 0 radical (unpaired) electrons. The van der Waals surface area contributed by atoms with E-state index in [0.29, 0.717) is 18.7 Å². The van der Waals surface area contributed by atoms with Crippen LogP contribution in [0.5, 0.6) is 0 Å². The van der Waals surface area contributed by atoms with Crippen LogP contribution < -0.4 is 5.73 Å². The Hall–Kier alpha value is -1.78. The minimum atomic E-state index is -0.664. The lowest BCUT2D eigenvalue weighted by atomic mass is 9.86. The maximum atomic E-state index is 13.0. The number of benzene rings is 1. The Bertz CT molecular complexity index is 625. The molecule has 2 N–H and O–H groups in total. The molecule has 4 heteroatoms.